The van der Waals surface area contributed by atoms with Gasteiger partial charge in [0.25, 0.3) is 5.91 Å². The van der Waals surface area contributed by atoms with Crippen molar-refractivity contribution in [3.05, 3.63) is 69.2 Å². The van der Waals surface area contributed by atoms with Crippen molar-refractivity contribution in [1.29, 1.82) is 0 Å². The molecule has 2 amide bonds. The van der Waals surface area contributed by atoms with E-state index < -0.39 is 22.9 Å². The van der Waals surface area contributed by atoms with E-state index in [4.69, 9.17) is 11.6 Å². The molecule has 6 nitrogen and oxygen atoms in total. The Hall–Kier alpha value is -3.26. The molecule has 2 aliphatic rings. The topological polar surface area (TPSA) is 58.4 Å². The molecule has 0 saturated carbocycles. The van der Waals surface area contributed by atoms with Crippen molar-refractivity contribution in [2.45, 2.75) is 31.6 Å². The minimum Gasteiger partial charge on any atom is -0.293 e. The van der Waals surface area contributed by atoms with Crippen LogP contribution >= 0.6 is 23.4 Å². The van der Waals surface area contributed by atoms with E-state index in [2.05, 4.69) is 22.0 Å². The lowest BCUT2D eigenvalue weighted by Crippen LogP contribution is -2.26. The summed E-state index contributed by atoms with van der Waals surface area (Å²) in [6.45, 7) is 0.839. The van der Waals surface area contributed by atoms with E-state index >= 15 is 0 Å². The molecule has 3 heterocycles. The Morgan fingerprint density at radius 3 is 2.76 bits per heavy atom. The van der Waals surface area contributed by atoms with E-state index in [1.165, 1.54) is 16.8 Å². The molecule has 1 atom stereocenters. The van der Waals surface area contributed by atoms with Gasteiger partial charge in [-0.1, -0.05) is 29.7 Å². The van der Waals surface area contributed by atoms with E-state index in [0.29, 0.717) is 16.5 Å². The molecule has 37 heavy (non-hydrogen) atoms. The van der Waals surface area contributed by atoms with Crippen molar-refractivity contribution in [3.8, 4) is 12.0 Å². The Morgan fingerprint density at radius 2 is 2.03 bits per heavy atom. The second kappa shape index (κ2) is 9.89. The maximum absolute atomic E-state index is 13.5. The van der Waals surface area contributed by atoms with E-state index in [1.807, 2.05) is 7.05 Å². The average Bonchev–Trinajstić information content (AvgIpc) is 3.51. The van der Waals surface area contributed by atoms with Crippen molar-refractivity contribution >= 4 is 51.5 Å². The van der Waals surface area contributed by atoms with Crippen LogP contribution in [0.5, 0.6) is 0 Å². The highest BCUT2D eigenvalue weighted by molar-refractivity contribution is 8.18. The first-order valence-electron chi connectivity index (χ1n) is 11.4. The standard InChI is InChI=1S/C26H20ClF3N4O2S/c1-32-9-2-3-20(32)8-10-33-24(35)23(37-25(33)36)12-16-4-7-22-18(11-16)14-31-34(22)15-17-5-6-19(27)13-21(17)26(28,29)30/h4-7,11-14,20H,2-3,9,15H2,1H3. The third-order valence-electron chi connectivity index (χ3n) is 6.32. The highest BCUT2D eigenvalue weighted by atomic mass is 35.5. The number of fused-ring (bicyclic) bond motifs is 1. The lowest BCUT2D eigenvalue weighted by Gasteiger charge is -2.14. The number of aromatic nitrogens is 2. The predicted molar refractivity (Wildman–Crippen MR) is 137 cm³/mol. The number of carbonyl (C=O) groups is 2. The molecule has 1 unspecified atom stereocenters. The SMILES string of the molecule is CN1CCCC1C#CN1C(=O)SC(=Cc2ccc3c(cnn3Cc3ccc(Cl)cc3C(F)(F)F)c2)C1=O. The maximum atomic E-state index is 13.5. The highest BCUT2D eigenvalue weighted by Gasteiger charge is 2.35. The summed E-state index contributed by atoms with van der Waals surface area (Å²) >= 11 is 6.60. The van der Waals surface area contributed by atoms with E-state index in [-0.39, 0.29) is 28.1 Å². The van der Waals surface area contributed by atoms with Crippen LogP contribution in [0, 0.1) is 12.0 Å². The first kappa shape index (κ1) is 25.4. The third-order valence-corrected chi connectivity index (χ3v) is 7.42. The van der Waals surface area contributed by atoms with Gasteiger partial charge in [-0.3, -0.25) is 19.2 Å². The fourth-order valence-corrected chi connectivity index (χ4v) is 5.33. The molecule has 2 fully saturated rings. The molecule has 0 aliphatic carbocycles. The third kappa shape index (κ3) is 5.25. The van der Waals surface area contributed by atoms with Crippen molar-refractivity contribution < 1.29 is 22.8 Å². The van der Waals surface area contributed by atoms with Gasteiger partial charge in [0.2, 0.25) is 0 Å². The Balaban J connectivity index is 1.37. The Bertz CT molecular complexity index is 1500. The van der Waals surface area contributed by atoms with Crippen LogP contribution in [0.3, 0.4) is 0 Å². The van der Waals surface area contributed by atoms with Crippen LogP contribution in [0.4, 0.5) is 18.0 Å². The van der Waals surface area contributed by atoms with Gasteiger partial charge in [-0.2, -0.15) is 23.2 Å². The Labute approximate surface area is 220 Å². The first-order valence-corrected chi connectivity index (χ1v) is 12.6. The predicted octanol–water partition coefficient (Wildman–Crippen LogP) is 5.85. The zero-order chi connectivity index (χ0) is 26.3. The number of amides is 2. The molecule has 2 aromatic carbocycles. The molecular weight excluding hydrogens is 525 g/mol. The lowest BCUT2D eigenvalue weighted by molar-refractivity contribution is -0.138. The van der Waals surface area contributed by atoms with Gasteiger partial charge < -0.3 is 0 Å². The summed E-state index contributed by atoms with van der Waals surface area (Å²) in [5, 5.41) is 4.50. The van der Waals surface area contributed by atoms with Crippen molar-refractivity contribution in [2.75, 3.05) is 13.6 Å². The zero-order valence-electron chi connectivity index (χ0n) is 19.6. The minimum atomic E-state index is -4.54. The summed E-state index contributed by atoms with van der Waals surface area (Å²) in [7, 11) is 1.96. The van der Waals surface area contributed by atoms with Crippen LogP contribution < -0.4 is 0 Å². The Kier molecular flexibility index (Phi) is 6.79. The summed E-state index contributed by atoms with van der Waals surface area (Å²) in [6, 6.07) is 11.6. The number of likely N-dealkylation sites (tertiary alicyclic amines) is 1. The number of thioether (sulfide) groups is 1. The fourth-order valence-electron chi connectivity index (χ4n) is 4.38. The number of halogens is 4. The number of imide groups is 1. The zero-order valence-corrected chi connectivity index (χ0v) is 21.1. The van der Waals surface area contributed by atoms with Gasteiger partial charge in [-0.25, -0.2) is 0 Å². The van der Waals surface area contributed by atoms with Crippen molar-refractivity contribution in [3.63, 3.8) is 0 Å². The minimum absolute atomic E-state index is 0.00677. The van der Waals surface area contributed by atoms with Crippen LogP contribution in [0.2, 0.25) is 5.02 Å². The summed E-state index contributed by atoms with van der Waals surface area (Å²) < 4.78 is 41.9. The fraction of sp³-hybridized carbons (Fsp3) is 0.269. The monoisotopic (exact) mass is 544 g/mol. The first-order chi connectivity index (χ1) is 17.6. The molecule has 1 aromatic heterocycles. The molecule has 0 N–H and O–H groups in total. The molecule has 2 saturated heterocycles. The number of nitrogens with zero attached hydrogens (tertiary/aromatic N) is 4. The maximum Gasteiger partial charge on any atom is 0.416 e. The van der Waals surface area contributed by atoms with Gasteiger partial charge in [0.15, 0.2) is 0 Å². The summed E-state index contributed by atoms with van der Waals surface area (Å²) in [6.07, 6.45) is 0.534. The van der Waals surface area contributed by atoms with Gasteiger partial charge >= 0.3 is 11.4 Å². The molecule has 0 spiro atoms. The molecular formula is C26H20ClF3N4O2S. The number of benzene rings is 2. The lowest BCUT2D eigenvalue weighted by atomic mass is 10.1. The van der Waals surface area contributed by atoms with Crippen molar-refractivity contribution in [1.82, 2.24) is 19.6 Å². The summed E-state index contributed by atoms with van der Waals surface area (Å²) in [5.41, 5.74) is 0.520. The van der Waals surface area contributed by atoms with Crippen molar-refractivity contribution in [2.24, 2.45) is 0 Å². The number of hydrogen-bond donors (Lipinski definition) is 0. The smallest absolute Gasteiger partial charge is 0.293 e. The molecule has 5 rings (SSSR count). The largest absolute Gasteiger partial charge is 0.416 e. The molecule has 0 radical (unpaired) electrons. The van der Waals surface area contributed by atoms with Crippen LogP contribution in [0.1, 0.15) is 29.5 Å². The average molecular weight is 545 g/mol. The second-order valence-electron chi connectivity index (χ2n) is 8.83. The van der Waals surface area contributed by atoms with Gasteiger partial charge in [-0.05, 0) is 79.7 Å². The van der Waals surface area contributed by atoms with Crippen LogP contribution in [0.25, 0.3) is 17.0 Å². The highest BCUT2D eigenvalue weighted by Crippen LogP contribution is 2.35. The number of alkyl halides is 3. The molecule has 3 aromatic rings. The van der Waals surface area contributed by atoms with Crippen LogP contribution in [-0.4, -0.2) is 50.4 Å². The normalized spacial score (nSPS) is 19.8. The van der Waals surface area contributed by atoms with E-state index in [0.717, 1.165) is 42.1 Å². The van der Waals surface area contributed by atoms with Gasteiger partial charge in [-0.15, -0.1) is 0 Å². The van der Waals surface area contributed by atoms with Gasteiger partial charge in [0, 0.05) is 16.5 Å². The van der Waals surface area contributed by atoms with E-state index in [1.54, 1.807) is 30.5 Å². The van der Waals surface area contributed by atoms with Crippen LogP contribution in [-0.2, 0) is 17.5 Å². The molecule has 0 bridgehead atoms. The number of carbonyl (C=O) groups excluding carboxylic acids is 2. The van der Waals surface area contributed by atoms with E-state index in [9.17, 15) is 22.8 Å². The molecule has 11 heteroatoms. The molecule has 190 valence electrons. The Morgan fingerprint density at radius 1 is 1.22 bits per heavy atom. The number of hydrogen-bond acceptors (Lipinski definition) is 5. The quantitative estimate of drug-likeness (QED) is 0.306. The number of rotatable bonds is 3. The van der Waals surface area contributed by atoms with Gasteiger partial charge in [0.1, 0.15) is 0 Å². The summed E-state index contributed by atoms with van der Waals surface area (Å²) in [5.74, 6) is 2.54. The second-order valence-corrected chi connectivity index (χ2v) is 10.3. The summed E-state index contributed by atoms with van der Waals surface area (Å²) in [4.78, 5) is 28.5. The van der Waals surface area contributed by atoms with Crippen LogP contribution in [0.15, 0.2) is 47.5 Å². The van der Waals surface area contributed by atoms with Gasteiger partial charge in [0.05, 0.1) is 34.8 Å². The molecule has 2 aliphatic heterocycles.